The molecule has 0 aliphatic rings. The lowest BCUT2D eigenvalue weighted by atomic mass is 10.0. The maximum absolute atomic E-state index is 13.3. The van der Waals surface area contributed by atoms with Crippen LogP contribution in [0.2, 0.25) is 5.02 Å². The number of amides is 1. The number of benzene rings is 2. The highest BCUT2D eigenvalue weighted by Crippen LogP contribution is 2.28. The van der Waals surface area contributed by atoms with E-state index in [0.29, 0.717) is 29.8 Å². The van der Waals surface area contributed by atoms with E-state index >= 15 is 0 Å². The van der Waals surface area contributed by atoms with Crippen molar-refractivity contribution in [1.29, 1.82) is 0 Å². The highest BCUT2D eigenvalue weighted by molar-refractivity contribution is 6.31. The van der Waals surface area contributed by atoms with Crippen LogP contribution in [-0.2, 0) is 12.8 Å². The van der Waals surface area contributed by atoms with E-state index < -0.39 is 5.82 Å². The monoisotopic (exact) mass is 438 g/mol. The summed E-state index contributed by atoms with van der Waals surface area (Å²) >= 11 is 6.12. The predicted molar refractivity (Wildman–Crippen MR) is 116 cm³/mol. The smallest absolute Gasteiger partial charge is 0.256 e. The fourth-order valence-corrected chi connectivity index (χ4v) is 3.64. The lowest BCUT2D eigenvalue weighted by Crippen LogP contribution is -2.25. The molecule has 31 heavy (non-hydrogen) atoms. The van der Waals surface area contributed by atoms with Crippen LogP contribution >= 0.6 is 11.6 Å². The minimum Gasteiger partial charge on any atom is -0.493 e. The third-order valence-electron chi connectivity index (χ3n) is 5.09. The zero-order chi connectivity index (χ0) is 22.0. The molecule has 4 rings (SSSR count). The zero-order valence-corrected chi connectivity index (χ0v) is 17.5. The van der Waals surface area contributed by atoms with Gasteiger partial charge >= 0.3 is 0 Å². The van der Waals surface area contributed by atoms with Gasteiger partial charge in [-0.05, 0) is 36.6 Å². The fraction of sp³-hybridized carbons (Fsp3) is 0.174. The van der Waals surface area contributed by atoms with Gasteiger partial charge in [0.2, 0.25) is 5.88 Å². The Hall–Kier alpha value is -3.45. The Morgan fingerprint density at radius 3 is 2.74 bits per heavy atom. The third-order valence-corrected chi connectivity index (χ3v) is 5.45. The van der Waals surface area contributed by atoms with E-state index in [-0.39, 0.29) is 34.4 Å². The number of nitrogens with zero attached hydrogens (tertiary/aromatic N) is 3. The average Bonchev–Trinajstić information content (AvgIpc) is 3.17. The second kappa shape index (κ2) is 8.73. The molecule has 6 nitrogen and oxygen atoms in total. The van der Waals surface area contributed by atoms with Crippen LogP contribution in [0.3, 0.4) is 0 Å². The number of aryl methyl sites for hydroxylation is 1. The van der Waals surface area contributed by atoms with Crippen LogP contribution in [0.4, 0.5) is 4.39 Å². The van der Waals surface area contributed by atoms with E-state index in [4.69, 9.17) is 11.6 Å². The van der Waals surface area contributed by atoms with Crippen molar-refractivity contribution in [2.75, 3.05) is 6.54 Å². The van der Waals surface area contributed by atoms with E-state index in [1.54, 1.807) is 13.0 Å². The summed E-state index contributed by atoms with van der Waals surface area (Å²) in [4.78, 5) is 17.1. The molecule has 0 radical (unpaired) electrons. The molecule has 158 valence electrons. The average molecular weight is 439 g/mol. The number of carbonyl (C=O) groups is 1. The van der Waals surface area contributed by atoms with Gasteiger partial charge < -0.3 is 10.4 Å². The summed E-state index contributed by atoms with van der Waals surface area (Å²) in [6.45, 7) is 2.20. The van der Waals surface area contributed by atoms with Crippen molar-refractivity contribution in [2.45, 2.75) is 19.8 Å². The molecule has 0 aliphatic carbocycles. The first-order valence-corrected chi connectivity index (χ1v) is 10.1. The van der Waals surface area contributed by atoms with Crippen LogP contribution < -0.4 is 5.32 Å². The summed E-state index contributed by atoms with van der Waals surface area (Å²) < 4.78 is 14.5. The van der Waals surface area contributed by atoms with Crippen molar-refractivity contribution in [3.05, 3.63) is 93.5 Å². The van der Waals surface area contributed by atoms with Crippen molar-refractivity contribution in [2.24, 2.45) is 0 Å². The van der Waals surface area contributed by atoms with E-state index in [1.807, 2.05) is 30.3 Å². The molecule has 0 spiro atoms. The number of fused-ring (bicyclic) bond motifs is 1. The molecule has 0 aliphatic heterocycles. The van der Waals surface area contributed by atoms with Crippen LogP contribution in [0.25, 0.3) is 5.65 Å². The van der Waals surface area contributed by atoms with Gasteiger partial charge in [-0.2, -0.15) is 9.61 Å². The lowest BCUT2D eigenvalue weighted by Gasteiger charge is -2.11. The summed E-state index contributed by atoms with van der Waals surface area (Å²) in [5.41, 5.74) is 3.34. The summed E-state index contributed by atoms with van der Waals surface area (Å²) in [6.07, 6.45) is 2.33. The molecule has 2 aromatic heterocycles. The maximum atomic E-state index is 13.3. The van der Waals surface area contributed by atoms with Crippen molar-refractivity contribution in [3.8, 4) is 5.88 Å². The van der Waals surface area contributed by atoms with Gasteiger partial charge in [0.25, 0.3) is 5.91 Å². The first kappa shape index (κ1) is 20.8. The molecule has 4 aromatic rings. The summed E-state index contributed by atoms with van der Waals surface area (Å²) in [5, 5.41) is 18.0. The Labute approximate surface area is 183 Å². The van der Waals surface area contributed by atoms with Crippen LogP contribution in [0.1, 0.15) is 32.7 Å². The van der Waals surface area contributed by atoms with Gasteiger partial charge in [-0.3, -0.25) is 4.79 Å². The molecule has 2 aromatic carbocycles. The second-order valence-electron chi connectivity index (χ2n) is 7.20. The number of nitrogens with one attached hydrogen (secondary N) is 1. The molecule has 2 N–H and O–H groups in total. The molecule has 0 saturated carbocycles. The SMILES string of the molecule is Cc1nc2c(C(=O)NCCc3ccccc3)cnn2c(O)c1Cc1ccc(F)cc1Cl. The number of halogens is 2. The van der Waals surface area contributed by atoms with Gasteiger partial charge in [0.15, 0.2) is 5.65 Å². The number of rotatable bonds is 6. The minimum absolute atomic E-state index is 0.133. The number of hydrogen-bond acceptors (Lipinski definition) is 4. The van der Waals surface area contributed by atoms with Crippen molar-refractivity contribution in [3.63, 3.8) is 0 Å². The van der Waals surface area contributed by atoms with Gasteiger partial charge in [0.05, 0.1) is 6.20 Å². The zero-order valence-electron chi connectivity index (χ0n) is 16.8. The van der Waals surface area contributed by atoms with Crippen molar-refractivity contribution < 1.29 is 14.3 Å². The molecular formula is C23H20ClFN4O2. The Kier molecular flexibility index (Phi) is 5.86. The summed E-state index contributed by atoms with van der Waals surface area (Å²) in [5.74, 6) is -0.879. The Morgan fingerprint density at radius 1 is 1.23 bits per heavy atom. The highest BCUT2D eigenvalue weighted by atomic mass is 35.5. The highest BCUT2D eigenvalue weighted by Gasteiger charge is 2.20. The Morgan fingerprint density at radius 2 is 2.00 bits per heavy atom. The van der Waals surface area contributed by atoms with Gasteiger partial charge in [0, 0.05) is 29.2 Å². The van der Waals surface area contributed by atoms with E-state index in [0.717, 1.165) is 5.56 Å². The van der Waals surface area contributed by atoms with Crippen molar-refractivity contribution in [1.82, 2.24) is 19.9 Å². The van der Waals surface area contributed by atoms with Crippen LogP contribution in [0.15, 0.2) is 54.7 Å². The van der Waals surface area contributed by atoms with Gasteiger partial charge in [-0.1, -0.05) is 48.0 Å². The number of hydrogen-bond donors (Lipinski definition) is 2. The van der Waals surface area contributed by atoms with Gasteiger partial charge in [-0.25, -0.2) is 9.37 Å². The first-order valence-electron chi connectivity index (χ1n) is 9.76. The molecular weight excluding hydrogens is 419 g/mol. The van der Waals surface area contributed by atoms with Crippen molar-refractivity contribution >= 4 is 23.2 Å². The fourth-order valence-electron chi connectivity index (χ4n) is 3.40. The lowest BCUT2D eigenvalue weighted by molar-refractivity contribution is 0.0955. The number of aromatic hydroxyl groups is 1. The molecule has 8 heteroatoms. The number of aromatic nitrogens is 3. The normalized spacial score (nSPS) is 11.1. The van der Waals surface area contributed by atoms with Gasteiger partial charge in [0.1, 0.15) is 11.4 Å². The summed E-state index contributed by atoms with van der Waals surface area (Å²) in [6, 6.07) is 13.9. The molecule has 0 unspecified atom stereocenters. The topological polar surface area (TPSA) is 79.5 Å². The Bertz CT molecular complexity index is 1260. The second-order valence-corrected chi connectivity index (χ2v) is 7.60. The van der Waals surface area contributed by atoms with E-state index in [2.05, 4.69) is 15.4 Å². The third kappa shape index (κ3) is 4.36. The van der Waals surface area contributed by atoms with E-state index in [9.17, 15) is 14.3 Å². The molecule has 0 fully saturated rings. The molecule has 0 bridgehead atoms. The standard InChI is InChI=1S/C23H20ClFN4O2/c1-14-18(11-16-7-8-17(25)12-20(16)24)23(31)29-21(28-14)19(13-27-29)22(30)26-10-9-15-5-3-2-4-6-15/h2-8,12-13,31H,9-11H2,1H3,(H,26,30). The quantitative estimate of drug-likeness (QED) is 0.475. The molecule has 0 saturated heterocycles. The first-order chi connectivity index (χ1) is 14.9. The van der Waals surface area contributed by atoms with E-state index in [1.165, 1.54) is 22.8 Å². The molecule has 1 amide bonds. The molecule has 0 atom stereocenters. The van der Waals surface area contributed by atoms with Gasteiger partial charge in [-0.15, -0.1) is 0 Å². The molecule has 2 heterocycles. The van der Waals surface area contributed by atoms with Crippen LogP contribution in [-0.4, -0.2) is 32.2 Å². The van der Waals surface area contributed by atoms with Crippen LogP contribution in [0.5, 0.6) is 5.88 Å². The minimum atomic E-state index is -0.432. The number of carbonyl (C=O) groups excluding carboxylic acids is 1. The van der Waals surface area contributed by atoms with Crippen LogP contribution in [0, 0.1) is 12.7 Å². The largest absolute Gasteiger partial charge is 0.493 e. The predicted octanol–water partition coefficient (Wildman–Crippen LogP) is 4.10. The maximum Gasteiger partial charge on any atom is 0.256 e. The summed E-state index contributed by atoms with van der Waals surface area (Å²) in [7, 11) is 0. The Balaban J connectivity index is 1.56.